The lowest BCUT2D eigenvalue weighted by atomic mass is 10.2. The summed E-state index contributed by atoms with van der Waals surface area (Å²) in [5, 5.41) is 18.3. The van der Waals surface area contributed by atoms with E-state index in [9.17, 15) is 9.90 Å². The van der Waals surface area contributed by atoms with E-state index in [4.69, 9.17) is 9.84 Å². The molecule has 1 fully saturated rings. The summed E-state index contributed by atoms with van der Waals surface area (Å²) in [5.74, 6) is -0.780. The average molecular weight is 358 g/mol. The van der Waals surface area contributed by atoms with Gasteiger partial charge in [-0.2, -0.15) is 0 Å². The van der Waals surface area contributed by atoms with Crippen molar-refractivity contribution >= 4 is 5.97 Å². The largest absolute Gasteiger partial charge is 0.481 e. The molecule has 0 saturated carbocycles. The third kappa shape index (κ3) is 12.2. The van der Waals surface area contributed by atoms with Crippen LogP contribution in [0.25, 0.3) is 0 Å². The van der Waals surface area contributed by atoms with E-state index in [0.29, 0.717) is 12.8 Å². The molecule has 4 heteroatoms. The summed E-state index contributed by atoms with van der Waals surface area (Å²) in [6, 6.07) is 0. The highest BCUT2D eigenvalue weighted by Gasteiger charge is 2.35. The first-order valence-corrected chi connectivity index (χ1v) is 9.17. The van der Waals surface area contributed by atoms with Crippen LogP contribution in [0, 0.1) is 0 Å². The maximum absolute atomic E-state index is 10.4. The zero-order valence-corrected chi connectivity index (χ0v) is 15.4. The molecule has 26 heavy (non-hydrogen) atoms. The van der Waals surface area contributed by atoms with Gasteiger partial charge in [0.25, 0.3) is 0 Å². The van der Waals surface area contributed by atoms with Crippen molar-refractivity contribution in [2.45, 2.75) is 57.3 Å². The zero-order chi connectivity index (χ0) is 19.0. The van der Waals surface area contributed by atoms with Gasteiger partial charge in [0.2, 0.25) is 0 Å². The van der Waals surface area contributed by atoms with Crippen molar-refractivity contribution in [3.8, 4) is 0 Å². The van der Waals surface area contributed by atoms with Gasteiger partial charge >= 0.3 is 5.97 Å². The smallest absolute Gasteiger partial charge is 0.303 e. The fraction of sp³-hybridized carbons (Fsp3) is 0.409. The normalized spacial score (nSPS) is 22.1. The third-order valence-electron chi connectivity index (χ3n) is 3.67. The molecule has 0 bridgehead atoms. The van der Waals surface area contributed by atoms with Gasteiger partial charge in [-0.15, -0.1) is 0 Å². The first kappa shape index (κ1) is 21.9. The molecule has 0 aromatic heterocycles. The summed E-state index contributed by atoms with van der Waals surface area (Å²) in [6.07, 6.45) is 26.3. The topological polar surface area (TPSA) is 70.1 Å². The minimum atomic E-state index is -0.780. The Hall–Kier alpha value is -2.17. The van der Waals surface area contributed by atoms with E-state index in [-0.39, 0.29) is 18.6 Å². The number of carbonyl (C=O) groups is 1. The summed E-state index contributed by atoms with van der Waals surface area (Å²) in [5.41, 5.74) is 0. The van der Waals surface area contributed by atoms with Crippen LogP contribution in [-0.4, -0.2) is 34.5 Å². The molecule has 4 nitrogen and oxygen atoms in total. The lowest BCUT2D eigenvalue weighted by Gasteiger charge is -1.98. The molecule has 1 saturated heterocycles. The van der Waals surface area contributed by atoms with Gasteiger partial charge in [-0.25, -0.2) is 0 Å². The summed E-state index contributed by atoms with van der Waals surface area (Å²) in [6.45, 7) is 2.07. The summed E-state index contributed by atoms with van der Waals surface area (Å²) in [7, 11) is 0. The van der Waals surface area contributed by atoms with Crippen LogP contribution in [0.5, 0.6) is 0 Å². The van der Waals surface area contributed by atoms with E-state index < -0.39 is 12.1 Å². The Bertz CT molecular complexity index is 567. The second-order valence-electron chi connectivity index (χ2n) is 6.00. The summed E-state index contributed by atoms with van der Waals surface area (Å²) >= 11 is 0. The molecule has 1 aliphatic heterocycles. The van der Waals surface area contributed by atoms with Crippen molar-refractivity contribution < 1.29 is 19.7 Å². The molecule has 0 radical (unpaired) electrons. The molecule has 0 aromatic rings. The van der Waals surface area contributed by atoms with Crippen LogP contribution in [0.15, 0.2) is 72.9 Å². The molecule has 1 rings (SSSR count). The van der Waals surface area contributed by atoms with Gasteiger partial charge in [0, 0.05) is 6.42 Å². The van der Waals surface area contributed by atoms with E-state index in [2.05, 4.69) is 13.0 Å². The van der Waals surface area contributed by atoms with Crippen LogP contribution in [0.2, 0.25) is 0 Å². The molecule has 142 valence electrons. The van der Waals surface area contributed by atoms with Gasteiger partial charge in [-0.1, -0.05) is 79.8 Å². The van der Waals surface area contributed by atoms with Crippen molar-refractivity contribution in [1.29, 1.82) is 0 Å². The molecular formula is C22H30O4. The van der Waals surface area contributed by atoms with Crippen molar-refractivity contribution in [1.82, 2.24) is 0 Å². The number of epoxide rings is 1. The third-order valence-corrected chi connectivity index (χ3v) is 3.67. The Labute approximate surface area is 156 Å². The standard InChI is InChI=1S/C22H30O4/c1-2-3-11-14-19(23)15-12-9-7-5-4-6-8-10-13-16-20-21(26-20)17-18-22(24)25/h3-4,6-13,15-16,19-21,23H,2,5,14,17-18H2,1H3,(H,24,25)/b6-4-,9-7-,10-8+,11-3-,15-12+,16-13+/t19-,20-,21-/m0/s1. The first-order valence-electron chi connectivity index (χ1n) is 9.17. The van der Waals surface area contributed by atoms with Crippen LogP contribution in [-0.2, 0) is 9.53 Å². The molecular weight excluding hydrogens is 328 g/mol. The molecule has 0 aromatic carbocycles. The number of hydrogen-bond acceptors (Lipinski definition) is 3. The van der Waals surface area contributed by atoms with Crippen LogP contribution in [0.4, 0.5) is 0 Å². The molecule has 0 spiro atoms. The summed E-state index contributed by atoms with van der Waals surface area (Å²) < 4.78 is 5.35. The Morgan fingerprint density at radius 2 is 1.77 bits per heavy atom. The second-order valence-corrected chi connectivity index (χ2v) is 6.00. The second kappa shape index (κ2) is 14.0. The quantitative estimate of drug-likeness (QED) is 0.289. The van der Waals surface area contributed by atoms with Crippen molar-refractivity contribution in [2.75, 3.05) is 0 Å². The highest BCUT2D eigenvalue weighted by atomic mass is 16.6. The lowest BCUT2D eigenvalue weighted by molar-refractivity contribution is -0.137. The zero-order valence-electron chi connectivity index (χ0n) is 15.4. The van der Waals surface area contributed by atoms with Gasteiger partial charge in [0.05, 0.1) is 12.2 Å². The first-order chi connectivity index (χ1) is 12.6. The van der Waals surface area contributed by atoms with Gasteiger partial charge in [-0.05, 0) is 25.7 Å². The lowest BCUT2D eigenvalue weighted by Crippen LogP contribution is -1.98. The van der Waals surface area contributed by atoms with Crippen molar-refractivity contribution in [3.05, 3.63) is 72.9 Å². The Kier molecular flexibility index (Phi) is 11.8. The molecule has 1 heterocycles. The predicted molar refractivity (Wildman–Crippen MR) is 106 cm³/mol. The maximum atomic E-state index is 10.4. The number of aliphatic hydroxyl groups is 1. The van der Waals surface area contributed by atoms with Crippen LogP contribution < -0.4 is 0 Å². The van der Waals surface area contributed by atoms with Crippen molar-refractivity contribution in [3.63, 3.8) is 0 Å². The number of rotatable bonds is 13. The highest BCUT2D eigenvalue weighted by Crippen LogP contribution is 2.27. The number of allylic oxidation sites excluding steroid dienone is 9. The van der Waals surface area contributed by atoms with Crippen LogP contribution in [0.3, 0.4) is 0 Å². The molecule has 0 aliphatic carbocycles. The number of carboxylic acid groups (broad SMARTS) is 1. The van der Waals surface area contributed by atoms with E-state index in [1.165, 1.54) is 0 Å². The van der Waals surface area contributed by atoms with Gasteiger partial charge < -0.3 is 14.9 Å². The van der Waals surface area contributed by atoms with Crippen molar-refractivity contribution in [2.24, 2.45) is 0 Å². The number of carboxylic acids is 1. The Morgan fingerprint density at radius 1 is 1.04 bits per heavy atom. The van der Waals surface area contributed by atoms with Gasteiger partial charge in [-0.3, -0.25) is 4.79 Å². The SMILES string of the molecule is CC/C=C\C[C@H](O)/C=C/C=C\C\C=C/C=C/C=C/[C@@H]1O[C@H]1CCC(=O)O. The van der Waals surface area contributed by atoms with Gasteiger partial charge in [0.15, 0.2) is 0 Å². The minimum absolute atomic E-state index is 0.0607. The predicted octanol–water partition coefficient (Wildman–Crippen LogP) is 4.51. The molecule has 3 atom stereocenters. The monoisotopic (exact) mass is 358 g/mol. The fourth-order valence-electron chi connectivity index (χ4n) is 2.19. The number of hydrogen-bond donors (Lipinski definition) is 2. The highest BCUT2D eigenvalue weighted by molar-refractivity contribution is 5.66. The molecule has 2 N–H and O–H groups in total. The Balaban J connectivity index is 2.08. The minimum Gasteiger partial charge on any atom is -0.481 e. The fourth-order valence-corrected chi connectivity index (χ4v) is 2.19. The van der Waals surface area contributed by atoms with E-state index >= 15 is 0 Å². The van der Waals surface area contributed by atoms with Crippen LogP contribution >= 0.6 is 0 Å². The summed E-state index contributed by atoms with van der Waals surface area (Å²) in [4.78, 5) is 10.4. The maximum Gasteiger partial charge on any atom is 0.303 e. The molecule has 1 aliphatic rings. The van der Waals surface area contributed by atoms with E-state index in [0.717, 1.165) is 12.8 Å². The van der Waals surface area contributed by atoms with Gasteiger partial charge in [0.1, 0.15) is 6.10 Å². The van der Waals surface area contributed by atoms with Crippen LogP contribution in [0.1, 0.15) is 39.0 Å². The molecule has 0 amide bonds. The van der Waals surface area contributed by atoms with E-state index in [1.54, 1.807) is 6.08 Å². The Morgan fingerprint density at radius 3 is 2.50 bits per heavy atom. The number of aliphatic carboxylic acids is 1. The van der Waals surface area contributed by atoms with E-state index in [1.807, 2.05) is 60.8 Å². The average Bonchev–Trinajstić information content (AvgIpc) is 3.36. The number of aliphatic hydroxyl groups excluding tert-OH is 1. The molecule has 0 unspecified atom stereocenters. The number of ether oxygens (including phenoxy) is 1.